The third-order valence-corrected chi connectivity index (χ3v) is 3.77. The molecule has 2 heterocycles. The number of carbonyl (C=O) groups is 2. The van der Waals surface area contributed by atoms with Crippen molar-refractivity contribution >= 4 is 17.5 Å². The summed E-state index contributed by atoms with van der Waals surface area (Å²) >= 11 is 0. The number of nitrogens with zero attached hydrogens (tertiary/aromatic N) is 3. The Morgan fingerprint density at radius 2 is 2.10 bits per heavy atom. The summed E-state index contributed by atoms with van der Waals surface area (Å²) in [6.07, 6.45) is 3.16. The highest BCUT2D eigenvalue weighted by Crippen LogP contribution is 2.25. The molecule has 0 saturated carbocycles. The first-order valence-corrected chi connectivity index (χ1v) is 6.59. The van der Waals surface area contributed by atoms with Crippen molar-refractivity contribution in [3.63, 3.8) is 0 Å². The van der Waals surface area contributed by atoms with E-state index in [1.165, 1.54) is 6.20 Å². The Morgan fingerprint density at radius 1 is 1.40 bits per heavy atom. The van der Waals surface area contributed by atoms with Gasteiger partial charge in [-0.2, -0.15) is 0 Å². The molecular weight excluding hydrogens is 256 g/mol. The van der Waals surface area contributed by atoms with Crippen LogP contribution in [0.25, 0.3) is 0 Å². The molecule has 0 bridgehead atoms. The molecule has 1 aliphatic heterocycles. The summed E-state index contributed by atoms with van der Waals surface area (Å²) in [7, 11) is 3.52. The average Bonchev–Trinajstić information content (AvgIpc) is 2.44. The predicted molar refractivity (Wildman–Crippen MR) is 76.5 cm³/mol. The minimum absolute atomic E-state index is 0.0491. The zero-order valence-corrected chi connectivity index (χ0v) is 12.3. The van der Waals surface area contributed by atoms with E-state index in [9.17, 15) is 9.59 Å². The number of nitrogens with one attached hydrogen (secondary N) is 1. The maximum Gasteiger partial charge on any atom is 0.258 e. The molecule has 108 valence electrons. The van der Waals surface area contributed by atoms with E-state index in [1.54, 1.807) is 50.0 Å². The van der Waals surface area contributed by atoms with Gasteiger partial charge in [0.25, 0.3) is 5.91 Å². The molecule has 0 atom stereocenters. The van der Waals surface area contributed by atoms with Crippen molar-refractivity contribution in [2.75, 3.05) is 32.5 Å². The average molecular weight is 276 g/mol. The molecule has 2 rings (SSSR count). The van der Waals surface area contributed by atoms with Crippen LogP contribution in [0.1, 0.15) is 24.2 Å². The number of piperazine rings is 1. The van der Waals surface area contributed by atoms with Crippen LogP contribution in [-0.4, -0.2) is 59.3 Å². The monoisotopic (exact) mass is 276 g/mol. The number of rotatable bonds is 2. The first kappa shape index (κ1) is 14.3. The Kier molecular flexibility index (Phi) is 3.65. The molecular formula is C14H20N4O2. The van der Waals surface area contributed by atoms with Crippen molar-refractivity contribution in [3.8, 4) is 0 Å². The lowest BCUT2D eigenvalue weighted by Crippen LogP contribution is -2.63. The summed E-state index contributed by atoms with van der Waals surface area (Å²) in [6.45, 7) is 4.62. The number of carbonyl (C=O) groups excluding carboxylic acids is 2. The van der Waals surface area contributed by atoms with Gasteiger partial charge in [-0.3, -0.25) is 14.6 Å². The van der Waals surface area contributed by atoms with Gasteiger partial charge in [-0.25, -0.2) is 0 Å². The maximum atomic E-state index is 12.7. The lowest BCUT2D eigenvalue weighted by atomic mass is 9.96. The van der Waals surface area contributed by atoms with Crippen LogP contribution in [0.2, 0.25) is 0 Å². The van der Waals surface area contributed by atoms with Gasteiger partial charge in [0.15, 0.2) is 0 Å². The van der Waals surface area contributed by atoms with E-state index in [-0.39, 0.29) is 11.8 Å². The molecule has 2 amide bonds. The van der Waals surface area contributed by atoms with Gasteiger partial charge >= 0.3 is 0 Å². The summed E-state index contributed by atoms with van der Waals surface area (Å²) in [4.78, 5) is 32.3. The molecule has 1 aliphatic rings. The number of pyridine rings is 1. The maximum absolute atomic E-state index is 12.7. The fourth-order valence-corrected chi connectivity index (χ4v) is 2.50. The molecule has 1 N–H and O–H groups in total. The van der Waals surface area contributed by atoms with Crippen LogP contribution in [0.3, 0.4) is 0 Å². The molecule has 1 saturated heterocycles. The topological polar surface area (TPSA) is 65.5 Å². The minimum Gasteiger partial charge on any atom is -0.387 e. The quantitative estimate of drug-likeness (QED) is 0.868. The molecule has 1 aromatic heterocycles. The Bertz CT molecular complexity index is 542. The third kappa shape index (κ3) is 2.21. The van der Waals surface area contributed by atoms with E-state index < -0.39 is 5.54 Å². The van der Waals surface area contributed by atoms with Crippen molar-refractivity contribution < 1.29 is 9.59 Å². The summed E-state index contributed by atoms with van der Waals surface area (Å²) in [5.41, 5.74) is 0.359. The molecule has 0 aliphatic carbocycles. The van der Waals surface area contributed by atoms with Crippen LogP contribution >= 0.6 is 0 Å². The summed E-state index contributed by atoms with van der Waals surface area (Å²) < 4.78 is 0. The second-order valence-corrected chi connectivity index (χ2v) is 5.41. The Labute approximate surface area is 118 Å². The fourth-order valence-electron chi connectivity index (χ4n) is 2.50. The minimum atomic E-state index is -0.842. The van der Waals surface area contributed by atoms with Gasteiger partial charge in [-0.05, 0) is 19.9 Å². The fraction of sp³-hybridized carbons (Fsp3) is 0.500. The van der Waals surface area contributed by atoms with Crippen LogP contribution < -0.4 is 5.32 Å². The van der Waals surface area contributed by atoms with Crippen LogP contribution in [0.5, 0.6) is 0 Å². The Morgan fingerprint density at radius 3 is 2.75 bits per heavy atom. The first-order valence-electron chi connectivity index (χ1n) is 6.59. The van der Waals surface area contributed by atoms with Gasteiger partial charge < -0.3 is 15.1 Å². The molecule has 1 aromatic rings. The van der Waals surface area contributed by atoms with Crippen molar-refractivity contribution in [1.82, 2.24) is 14.8 Å². The van der Waals surface area contributed by atoms with E-state index in [1.807, 2.05) is 0 Å². The molecule has 6 nitrogen and oxygen atoms in total. The first-order chi connectivity index (χ1) is 9.39. The molecule has 0 aromatic carbocycles. The molecule has 1 fully saturated rings. The predicted octanol–water partition coefficient (Wildman–Crippen LogP) is 0.816. The molecule has 0 spiro atoms. The van der Waals surface area contributed by atoms with Crippen molar-refractivity contribution in [1.29, 1.82) is 0 Å². The highest BCUT2D eigenvalue weighted by molar-refractivity contribution is 6.03. The van der Waals surface area contributed by atoms with Crippen LogP contribution in [-0.2, 0) is 4.79 Å². The third-order valence-electron chi connectivity index (χ3n) is 3.77. The zero-order chi connectivity index (χ0) is 14.9. The highest BCUT2D eigenvalue weighted by atomic mass is 16.2. The SMILES string of the molecule is CNc1ccncc1C(=O)N1CCN(C)C(=O)C1(C)C. The molecule has 0 radical (unpaired) electrons. The van der Waals surface area contributed by atoms with Crippen molar-refractivity contribution in [2.45, 2.75) is 19.4 Å². The van der Waals surface area contributed by atoms with E-state index in [2.05, 4.69) is 10.3 Å². The van der Waals surface area contributed by atoms with E-state index in [4.69, 9.17) is 0 Å². The molecule has 6 heteroatoms. The molecule has 20 heavy (non-hydrogen) atoms. The summed E-state index contributed by atoms with van der Waals surface area (Å²) in [5, 5.41) is 2.98. The van der Waals surface area contributed by atoms with E-state index in [0.29, 0.717) is 24.3 Å². The zero-order valence-electron chi connectivity index (χ0n) is 12.3. The number of hydrogen-bond donors (Lipinski definition) is 1. The van der Waals surface area contributed by atoms with Gasteiger partial charge in [0.1, 0.15) is 5.54 Å². The number of anilines is 1. The van der Waals surface area contributed by atoms with Crippen LogP contribution in [0, 0.1) is 0 Å². The standard InChI is InChI=1S/C14H20N4O2/c1-14(2)13(20)17(4)7-8-18(14)12(19)10-9-16-6-5-11(10)15-3/h5-6,9H,7-8H2,1-4H3,(H,15,16). The number of hydrogen-bond acceptors (Lipinski definition) is 4. The lowest BCUT2D eigenvalue weighted by Gasteiger charge is -2.44. The Balaban J connectivity index is 2.36. The molecule has 0 unspecified atom stereocenters. The Hall–Kier alpha value is -2.11. The van der Waals surface area contributed by atoms with Crippen LogP contribution in [0.4, 0.5) is 5.69 Å². The van der Waals surface area contributed by atoms with Gasteiger partial charge in [-0.15, -0.1) is 0 Å². The second kappa shape index (κ2) is 5.11. The second-order valence-electron chi connectivity index (χ2n) is 5.41. The number of likely N-dealkylation sites (N-methyl/N-ethyl adjacent to an activating group) is 1. The highest BCUT2D eigenvalue weighted by Gasteiger charge is 2.43. The lowest BCUT2D eigenvalue weighted by molar-refractivity contribution is -0.144. The number of amides is 2. The van der Waals surface area contributed by atoms with E-state index >= 15 is 0 Å². The van der Waals surface area contributed by atoms with Gasteiger partial charge in [-0.1, -0.05) is 0 Å². The normalized spacial score (nSPS) is 18.1. The van der Waals surface area contributed by atoms with Crippen LogP contribution in [0.15, 0.2) is 18.5 Å². The van der Waals surface area contributed by atoms with Gasteiger partial charge in [0.2, 0.25) is 5.91 Å². The van der Waals surface area contributed by atoms with Gasteiger partial charge in [0.05, 0.1) is 5.56 Å². The van der Waals surface area contributed by atoms with Crippen molar-refractivity contribution in [2.24, 2.45) is 0 Å². The number of aromatic nitrogens is 1. The van der Waals surface area contributed by atoms with E-state index in [0.717, 1.165) is 0 Å². The largest absolute Gasteiger partial charge is 0.387 e. The smallest absolute Gasteiger partial charge is 0.258 e. The van der Waals surface area contributed by atoms with Crippen molar-refractivity contribution in [3.05, 3.63) is 24.0 Å². The van der Waals surface area contributed by atoms with Gasteiger partial charge in [0, 0.05) is 45.3 Å². The summed E-state index contributed by atoms with van der Waals surface area (Å²) in [5.74, 6) is -0.221. The summed E-state index contributed by atoms with van der Waals surface area (Å²) in [6, 6.07) is 1.75.